The highest BCUT2D eigenvalue weighted by atomic mass is 35.5. The monoisotopic (exact) mass is 395 g/mol. The summed E-state index contributed by atoms with van der Waals surface area (Å²) in [6.07, 6.45) is 1.40. The molecule has 1 amide bonds. The Balaban J connectivity index is 1.62. The third-order valence-electron chi connectivity index (χ3n) is 4.61. The van der Waals surface area contributed by atoms with Crippen LogP contribution in [-0.2, 0) is 4.79 Å². The van der Waals surface area contributed by atoms with Crippen molar-refractivity contribution in [3.8, 4) is 6.07 Å². The molecule has 0 atom stereocenters. The zero-order valence-electron chi connectivity index (χ0n) is 15.7. The van der Waals surface area contributed by atoms with Gasteiger partial charge in [-0.1, -0.05) is 23.7 Å². The molecule has 1 heterocycles. The standard InChI is InChI=1S/C21H22ClN5O/c1-26-10-12-27(13-11-26)18-8-6-17(7-9-18)24-15-16(14-23)21(28)25-20-5-3-2-4-19(20)22/h2-9,15,24H,10-13H2,1H3,(H,25,28)/b16-15-. The van der Waals surface area contributed by atoms with E-state index in [0.717, 1.165) is 31.9 Å². The van der Waals surface area contributed by atoms with Gasteiger partial charge in [0.05, 0.1) is 10.7 Å². The number of piperazine rings is 1. The largest absolute Gasteiger partial charge is 0.369 e. The first kappa shape index (κ1) is 19.7. The Morgan fingerprint density at radius 2 is 1.79 bits per heavy atom. The van der Waals surface area contributed by atoms with Crippen molar-refractivity contribution >= 4 is 34.6 Å². The van der Waals surface area contributed by atoms with Crippen LogP contribution in [-0.4, -0.2) is 44.0 Å². The van der Waals surface area contributed by atoms with Gasteiger partial charge in [-0.25, -0.2) is 0 Å². The maximum absolute atomic E-state index is 12.3. The second-order valence-corrected chi connectivity index (χ2v) is 6.99. The molecule has 0 radical (unpaired) electrons. The lowest BCUT2D eigenvalue weighted by atomic mass is 10.2. The molecule has 0 aromatic heterocycles. The van der Waals surface area contributed by atoms with Gasteiger partial charge in [0.1, 0.15) is 11.6 Å². The lowest BCUT2D eigenvalue weighted by Gasteiger charge is -2.34. The molecule has 7 heteroatoms. The highest BCUT2D eigenvalue weighted by Gasteiger charge is 2.14. The number of benzene rings is 2. The van der Waals surface area contributed by atoms with Crippen molar-refractivity contribution in [2.45, 2.75) is 0 Å². The number of hydrogen-bond acceptors (Lipinski definition) is 5. The maximum Gasteiger partial charge on any atom is 0.267 e. The van der Waals surface area contributed by atoms with Gasteiger partial charge in [-0.3, -0.25) is 4.79 Å². The summed E-state index contributed by atoms with van der Waals surface area (Å²) in [6, 6.07) is 16.7. The fourth-order valence-corrected chi connectivity index (χ4v) is 3.07. The molecule has 3 rings (SSSR count). The lowest BCUT2D eigenvalue weighted by molar-refractivity contribution is -0.112. The maximum atomic E-state index is 12.3. The van der Waals surface area contributed by atoms with E-state index in [1.54, 1.807) is 24.3 Å². The van der Waals surface area contributed by atoms with Crippen LogP contribution >= 0.6 is 11.6 Å². The molecule has 28 heavy (non-hydrogen) atoms. The molecule has 2 aromatic rings. The second kappa shape index (κ2) is 9.27. The molecule has 1 aliphatic heterocycles. The number of nitrogens with one attached hydrogen (secondary N) is 2. The fourth-order valence-electron chi connectivity index (χ4n) is 2.89. The van der Waals surface area contributed by atoms with Crippen LogP contribution in [0.5, 0.6) is 0 Å². The van der Waals surface area contributed by atoms with Crippen LogP contribution in [0, 0.1) is 11.3 Å². The summed E-state index contributed by atoms with van der Waals surface area (Å²) in [6.45, 7) is 4.11. The number of hydrogen-bond donors (Lipinski definition) is 2. The zero-order valence-corrected chi connectivity index (χ0v) is 16.4. The van der Waals surface area contributed by atoms with Crippen LogP contribution < -0.4 is 15.5 Å². The van der Waals surface area contributed by atoms with E-state index >= 15 is 0 Å². The molecule has 144 valence electrons. The van der Waals surface area contributed by atoms with Crippen molar-refractivity contribution in [1.29, 1.82) is 5.26 Å². The van der Waals surface area contributed by atoms with E-state index in [4.69, 9.17) is 11.6 Å². The van der Waals surface area contributed by atoms with Gasteiger partial charge in [0.2, 0.25) is 0 Å². The highest BCUT2D eigenvalue weighted by Crippen LogP contribution is 2.22. The normalized spacial score (nSPS) is 15.0. The van der Waals surface area contributed by atoms with Gasteiger partial charge >= 0.3 is 0 Å². The predicted molar refractivity (Wildman–Crippen MR) is 114 cm³/mol. The number of rotatable bonds is 5. The molecule has 0 aliphatic carbocycles. The molecule has 6 nitrogen and oxygen atoms in total. The number of halogens is 1. The Hall–Kier alpha value is -3.01. The molecule has 0 spiro atoms. The minimum Gasteiger partial charge on any atom is -0.369 e. The van der Waals surface area contributed by atoms with Crippen molar-refractivity contribution in [3.05, 3.63) is 65.3 Å². The average molecular weight is 396 g/mol. The van der Waals surface area contributed by atoms with Gasteiger partial charge < -0.3 is 20.4 Å². The number of anilines is 3. The summed E-state index contributed by atoms with van der Waals surface area (Å²) >= 11 is 6.04. The summed E-state index contributed by atoms with van der Waals surface area (Å²) in [5, 5.41) is 15.4. The summed E-state index contributed by atoms with van der Waals surface area (Å²) in [5.41, 5.74) is 2.39. The average Bonchev–Trinajstić information content (AvgIpc) is 2.71. The molecule has 0 saturated carbocycles. The van der Waals surface area contributed by atoms with E-state index in [1.807, 2.05) is 30.3 Å². The van der Waals surface area contributed by atoms with Crippen molar-refractivity contribution < 1.29 is 4.79 Å². The van der Waals surface area contributed by atoms with Crippen LogP contribution in [0.25, 0.3) is 0 Å². The Bertz CT molecular complexity index is 896. The number of nitriles is 1. The number of carbonyl (C=O) groups is 1. The quantitative estimate of drug-likeness (QED) is 0.598. The first-order valence-electron chi connectivity index (χ1n) is 9.03. The van der Waals surface area contributed by atoms with Gasteiger partial charge in [-0.15, -0.1) is 0 Å². The first-order valence-corrected chi connectivity index (χ1v) is 9.41. The van der Waals surface area contributed by atoms with Crippen LogP contribution in [0.3, 0.4) is 0 Å². The van der Waals surface area contributed by atoms with Crippen molar-refractivity contribution in [2.24, 2.45) is 0 Å². The van der Waals surface area contributed by atoms with Gasteiger partial charge in [-0.2, -0.15) is 5.26 Å². The fraction of sp³-hybridized carbons (Fsp3) is 0.238. The summed E-state index contributed by atoms with van der Waals surface area (Å²) in [5.74, 6) is -0.517. The van der Waals surface area contributed by atoms with E-state index in [-0.39, 0.29) is 5.57 Å². The van der Waals surface area contributed by atoms with Crippen molar-refractivity contribution in [1.82, 2.24) is 4.90 Å². The number of likely N-dealkylation sites (N-methyl/N-ethyl adjacent to an activating group) is 1. The second-order valence-electron chi connectivity index (χ2n) is 6.59. The van der Waals surface area contributed by atoms with Gasteiger partial charge in [-0.05, 0) is 43.4 Å². The van der Waals surface area contributed by atoms with Crippen molar-refractivity contribution in [2.75, 3.05) is 48.8 Å². The minimum atomic E-state index is -0.517. The van der Waals surface area contributed by atoms with Crippen LogP contribution in [0.15, 0.2) is 60.3 Å². The molecule has 0 bridgehead atoms. The predicted octanol–water partition coefficient (Wildman–Crippen LogP) is 3.55. The van der Waals surface area contributed by atoms with E-state index in [9.17, 15) is 10.1 Å². The topological polar surface area (TPSA) is 71.4 Å². The summed E-state index contributed by atoms with van der Waals surface area (Å²) < 4.78 is 0. The lowest BCUT2D eigenvalue weighted by Crippen LogP contribution is -2.44. The minimum absolute atomic E-state index is 0.0388. The molecular formula is C21H22ClN5O. The molecule has 2 aromatic carbocycles. The van der Waals surface area contributed by atoms with Gasteiger partial charge in [0.15, 0.2) is 0 Å². The Labute approximate surface area is 170 Å². The molecular weight excluding hydrogens is 374 g/mol. The highest BCUT2D eigenvalue weighted by molar-refractivity contribution is 6.33. The Morgan fingerprint density at radius 3 is 2.43 bits per heavy atom. The molecule has 0 unspecified atom stereocenters. The van der Waals surface area contributed by atoms with Gasteiger partial charge in [0, 0.05) is 43.8 Å². The van der Waals surface area contributed by atoms with E-state index < -0.39 is 5.91 Å². The number of para-hydroxylation sites is 1. The van der Waals surface area contributed by atoms with Crippen LogP contribution in [0.1, 0.15) is 0 Å². The first-order chi connectivity index (χ1) is 13.6. The third-order valence-corrected chi connectivity index (χ3v) is 4.94. The number of amides is 1. The Morgan fingerprint density at radius 1 is 1.11 bits per heavy atom. The zero-order chi connectivity index (χ0) is 19.9. The van der Waals surface area contributed by atoms with Crippen LogP contribution in [0.2, 0.25) is 5.02 Å². The SMILES string of the molecule is CN1CCN(c2ccc(N/C=C(/C#N)C(=O)Nc3ccccc3Cl)cc2)CC1. The number of carbonyl (C=O) groups excluding carboxylic acids is 1. The Kier molecular flexibility index (Phi) is 6.53. The molecule has 2 N–H and O–H groups in total. The van der Waals surface area contributed by atoms with Gasteiger partial charge in [0.25, 0.3) is 5.91 Å². The smallest absolute Gasteiger partial charge is 0.267 e. The van der Waals surface area contributed by atoms with Crippen LogP contribution in [0.4, 0.5) is 17.1 Å². The molecule has 1 fully saturated rings. The van der Waals surface area contributed by atoms with Crippen molar-refractivity contribution in [3.63, 3.8) is 0 Å². The van der Waals surface area contributed by atoms with E-state index in [0.29, 0.717) is 10.7 Å². The third kappa shape index (κ3) is 5.03. The summed E-state index contributed by atoms with van der Waals surface area (Å²) in [4.78, 5) is 17.0. The molecule has 1 aliphatic rings. The molecule has 1 saturated heterocycles. The number of nitrogens with zero attached hydrogens (tertiary/aromatic N) is 3. The summed E-state index contributed by atoms with van der Waals surface area (Å²) in [7, 11) is 2.13. The van der Waals surface area contributed by atoms with E-state index in [2.05, 4.69) is 27.5 Å². The van der Waals surface area contributed by atoms with E-state index in [1.165, 1.54) is 11.9 Å².